The fourth-order valence-corrected chi connectivity index (χ4v) is 0.669. The molecule has 0 aromatic rings. The average Bonchev–Trinajstić information content (AvgIpc) is 2.41. The molecule has 2 unspecified atom stereocenters. The van der Waals surface area contributed by atoms with E-state index in [1.165, 1.54) is 0 Å². The van der Waals surface area contributed by atoms with Crippen LogP contribution < -0.4 is 4.72 Å². The summed E-state index contributed by atoms with van der Waals surface area (Å²) in [5.41, 5.74) is 0. The molecule has 1 fully saturated rings. The van der Waals surface area contributed by atoms with Crippen LogP contribution >= 0.6 is 0 Å². The van der Waals surface area contributed by atoms with E-state index in [4.69, 9.17) is 4.74 Å². The van der Waals surface area contributed by atoms with Crippen molar-refractivity contribution in [3.05, 3.63) is 0 Å². The molecule has 0 amide bonds. The molecular weight excluding hydrogens is 130 g/mol. The molecule has 1 saturated heterocycles. The maximum atomic E-state index is 9.76. The van der Waals surface area contributed by atoms with Gasteiger partial charge in [0.25, 0.3) is 0 Å². The smallest absolute Gasteiger partial charge is 0.0943 e. The first kappa shape index (κ1) is 6.15. The van der Waals surface area contributed by atoms with Gasteiger partial charge in [0.1, 0.15) is 0 Å². The van der Waals surface area contributed by atoms with Gasteiger partial charge in [0.05, 0.1) is 12.7 Å². The number of hydrogen-bond acceptors (Lipinski definition) is 3. The van der Waals surface area contributed by atoms with E-state index in [1.54, 1.807) is 0 Å². The minimum absolute atomic E-state index is 0.132. The predicted molar refractivity (Wildman–Crippen MR) is 26.7 cm³/mol. The molecule has 0 spiro atoms. The monoisotopic (exact) mass is 136 g/mol. The van der Waals surface area contributed by atoms with Gasteiger partial charge in [0.15, 0.2) is 0 Å². The largest absolute Gasteiger partial charge is 0.760 e. The molecule has 0 saturated carbocycles. The first-order valence-electron chi connectivity index (χ1n) is 2.23. The number of rotatable bonds is 3. The van der Waals surface area contributed by atoms with Crippen molar-refractivity contribution in [3.63, 3.8) is 0 Å². The maximum absolute atomic E-state index is 9.76. The van der Waals surface area contributed by atoms with Crippen molar-refractivity contribution in [1.82, 2.24) is 4.72 Å². The van der Waals surface area contributed by atoms with Crippen molar-refractivity contribution in [2.24, 2.45) is 0 Å². The third-order valence-corrected chi connectivity index (χ3v) is 1.23. The second kappa shape index (κ2) is 2.54. The topological polar surface area (TPSA) is 64.7 Å². The van der Waals surface area contributed by atoms with E-state index in [0.29, 0.717) is 13.2 Å². The van der Waals surface area contributed by atoms with Crippen LogP contribution in [0.5, 0.6) is 0 Å². The van der Waals surface area contributed by atoms with Crippen molar-refractivity contribution < 1.29 is 13.5 Å². The summed E-state index contributed by atoms with van der Waals surface area (Å²) >= 11 is -2.13. The lowest BCUT2D eigenvalue weighted by atomic mass is 10.5. The van der Waals surface area contributed by atoms with Gasteiger partial charge < -0.3 is 9.29 Å². The lowest BCUT2D eigenvalue weighted by Gasteiger charge is -2.02. The molecular formula is C3H6NO3S-. The molecule has 4 nitrogen and oxygen atoms in total. The minimum Gasteiger partial charge on any atom is -0.760 e. The SMILES string of the molecule is O=S([O-])NCC1CO1. The van der Waals surface area contributed by atoms with Gasteiger partial charge in [-0.05, 0) is 0 Å². The summed E-state index contributed by atoms with van der Waals surface area (Å²) in [5, 5.41) is 0. The Morgan fingerprint density at radius 1 is 2.00 bits per heavy atom. The zero-order valence-corrected chi connectivity index (χ0v) is 4.94. The number of nitrogens with one attached hydrogen (secondary N) is 1. The molecule has 8 heavy (non-hydrogen) atoms. The Hall–Kier alpha value is 0.0300. The predicted octanol–water partition coefficient (Wildman–Crippen LogP) is -1.23. The molecule has 0 aliphatic carbocycles. The first-order valence-corrected chi connectivity index (χ1v) is 3.31. The van der Waals surface area contributed by atoms with Gasteiger partial charge in [-0.1, -0.05) is 0 Å². The lowest BCUT2D eigenvalue weighted by Crippen LogP contribution is -2.21. The molecule has 1 heterocycles. The minimum atomic E-state index is -2.13. The fourth-order valence-electron chi connectivity index (χ4n) is 0.347. The van der Waals surface area contributed by atoms with E-state index in [9.17, 15) is 8.76 Å². The Morgan fingerprint density at radius 3 is 3.00 bits per heavy atom. The molecule has 1 aliphatic heterocycles. The molecule has 1 N–H and O–H groups in total. The average molecular weight is 136 g/mol. The Labute approximate surface area is 49.6 Å². The van der Waals surface area contributed by atoms with E-state index in [2.05, 4.69) is 4.72 Å². The molecule has 2 atom stereocenters. The third-order valence-electron chi connectivity index (χ3n) is 0.831. The summed E-state index contributed by atoms with van der Waals surface area (Å²) in [5.74, 6) is 0. The molecule has 1 rings (SSSR count). The number of hydrogen-bond donors (Lipinski definition) is 1. The number of ether oxygens (including phenoxy) is 1. The second-order valence-electron chi connectivity index (χ2n) is 1.54. The summed E-state index contributed by atoms with van der Waals surface area (Å²) in [4.78, 5) is 0. The second-order valence-corrected chi connectivity index (χ2v) is 2.30. The quantitative estimate of drug-likeness (QED) is 0.390. The van der Waals surface area contributed by atoms with E-state index in [-0.39, 0.29) is 6.10 Å². The van der Waals surface area contributed by atoms with Gasteiger partial charge in [-0.2, -0.15) is 0 Å². The van der Waals surface area contributed by atoms with Gasteiger partial charge in [-0.3, -0.25) is 4.21 Å². The highest BCUT2D eigenvalue weighted by molar-refractivity contribution is 7.77. The van der Waals surface area contributed by atoms with Gasteiger partial charge in [0.2, 0.25) is 0 Å². The van der Waals surface area contributed by atoms with Crippen LogP contribution in [0.4, 0.5) is 0 Å². The third kappa shape index (κ3) is 2.37. The van der Waals surface area contributed by atoms with Crippen molar-refractivity contribution in [1.29, 1.82) is 0 Å². The van der Waals surface area contributed by atoms with E-state index >= 15 is 0 Å². The summed E-state index contributed by atoms with van der Waals surface area (Å²) in [6.45, 7) is 1.10. The highest BCUT2D eigenvalue weighted by Crippen LogP contribution is 2.05. The van der Waals surface area contributed by atoms with E-state index in [0.717, 1.165) is 0 Å². The van der Waals surface area contributed by atoms with Crippen LogP contribution in [0.15, 0.2) is 0 Å². The van der Waals surface area contributed by atoms with Crippen LogP contribution in [0.3, 0.4) is 0 Å². The molecule has 48 valence electrons. The van der Waals surface area contributed by atoms with Crippen LogP contribution in [0.25, 0.3) is 0 Å². The summed E-state index contributed by atoms with van der Waals surface area (Å²) in [6, 6.07) is 0. The number of epoxide rings is 1. The summed E-state index contributed by atoms with van der Waals surface area (Å²) < 4.78 is 26.5. The normalized spacial score (nSPS) is 29.9. The highest BCUT2D eigenvalue weighted by Gasteiger charge is 2.21. The van der Waals surface area contributed by atoms with Crippen LogP contribution in [-0.2, 0) is 16.0 Å². The Bertz CT molecular complexity index is 103. The fraction of sp³-hybridized carbons (Fsp3) is 1.00. The van der Waals surface area contributed by atoms with Gasteiger partial charge >= 0.3 is 0 Å². The molecule has 0 bridgehead atoms. The van der Waals surface area contributed by atoms with Crippen molar-refractivity contribution in [2.45, 2.75) is 6.10 Å². The zero-order valence-electron chi connectivity index (χ0n) is 4.12. The standard InChI is InChI=1S/C3H7NO3S/c5-8(6)4-1-3-2-7-3/h3-4H,1-2H2,(H,5,6)/p-1. The summed E-state index contributed by atoms with van der Waals surface area (Å²) in [7, 11) is 0. The molecule has 1 aliphatic rings. The van der Waals surface area contributed by atoms with Crippen molar-refractivity contribution in [3.8, 4) is 0 Å². The van der Waals surface area contributed by atoms with Crippen LogP contribution in [0.2, 0.25) is 0 Å². The molecule has 0 radical (unpaired) electrons. The van der Waals surface area contributed by atoms with Gasteiger partial charge in [-0.25, -0.2) is 4.72 Å². The molecule has 0 aromatic heterocycles. The van der Waals surface area contributed by atoms with E-state index < -0.39 is 11.3 Å². The van der Waals surface area contributed by atoms with Crippen LogP contribution in [-0.4, -0.2) is 28.0 Å². The van der Waals surface area contributed by atoms with E-state index in [1.807, 2.05) is 0 Å². The maximum Gasteiger partial charge on any atom is 0.0943 e. The highest BCUT2D eigenvalue weighted by atomic mass is 32.2. The zero-order chi connectivity index (χ0) is 5.98. The van der Waals surface area contributed by atoms with Crippen LogP contribution in [0.1, 0.15) is 0 Å². The Balaban J connectivity index is 1.95. The summed E-state index contributed by atoms with van der Waals surface area (Å²) in [6.07, 6.45) is 0.132. The Kier molecular flexibility index (Phi) is 1.95. The van der Waals surface area contributed by atoms with Gasteiger partial charge in [0, 0.05) is 17.8 Å². The lowest BCUT2D eigenvalue weighted by molar-refractivity contribution is 0.405. The van der Waals surface area contributed by atoms with Crippen molar-refractivity contribution >= 4 is 11.3 Å². The first-order chi connectivity index (χ1) is 3.79. The van der Waals surface area contributed by atoms with Gasteiger partial charge in [-0.15, -0.1) is 0 Å². The van der Waals surface area contributed by atoms with Crippen molar-refractivity contribution in [2.75, 3.05) is 13.2 Å². The Morgan fingerprint density at radius 2 is 2.62 bits per heavy atom. The van der Waals surface area contributed by atoms with Crippen LogP contribution in [0, 0.1) is 0 Å². The molecule has 0 aromatic carbocycles. The molecule has 5 heteroatoms.